The van der Waals surface area contributed by atoms with E-state index in [9.17, 15) is 13.2 Å². The first-order chi connectivity index (χ1) is 11.8. The Labute approximate surface area is 151 Å². The van der Waals surface area contributed by atoms with Gasteiger partial charge in [0.25, 0.3) is 0 Å². The number of carbonyl (C=O) groups is 1. The van der Waals surface area contributed by atoms with Gasteiger partial charge in [0.2, 0.25) is 5.91 Å². The average Bonchev–Trinajstić information content (AvgIpc) is 2.60. The molecule has 1 amide bonds. The van der Waals surface area contributed by atoms with E-state index < -0.39 is 21.5 Å². The molecule has 0 saturated heterocycles. The zero-order valence-corrected chi connectivity index (χ0v) is 15.6. The molecule has 0 unspecified atom stereocenters. The second-order valence-corrected chi connectivity index (χ2v) is 7.63. The van der Waals surface area contributed by atoms with Crippen LogP contribution >= 0.6 is 11.6 Å². The molecule has 6 nitrogen and oxygen atoms in total. The van der Waals surface area contributed by atoms with E-state index in [-0.39, 0.29) is 4.90 Å². The number of halogens is 1. The van der Waals surface area contributed by atoms with Crippen molar-refractivity contribution in [2.24, 2.45) is 0 Å². The Hall–Kier alpha value is -2.25. The minimum absolute atomic E-state index is 0.0472. The van der Waals surface area contributed by atoms with Crippen LogP contribution < -0.4 is 14.4 Å². The molecule has 2 aromatic rings. The Morgan fingerprint density at radius 1 is 1.04 bits per heavy atom. The number of amides is 1. The molecule has 0 aromatic heterocycles. The molecule has 0 aliphatic heterocycles. The van der Waals surface area contributed by atoms with Gasteiger partial charge in [0.15, 0.2) is 21.3 Å². The van der Waals surface area contributed by atoms with Gasteiger partial charge >= 0.3 is 0 Å². The van der Waals surface area contributed by atoms with Gasteiger partial charge in [0.1, 0.15) is 5.75 Å². The molecule has 0 aliphatic rings. The maximum Gasteiger partial charge on any atom is 0.242 e. The van der Waals surface area contributed by atoms with Gasteiger partial charge in [0.05, 0.1) is 19.1 Å². The Bertz CT molecular complexity index is 865. The van der Waals surface area contributed by atoms with Gasteiger partial charge < -0.3 is 14.4 Å². The molecule has 0 heterocycles. The van der Waals surface area contributed by atoms with Crippen LogP contribution in [0.1, 0.15) is 0 Å². The zero-order valence-electron chi connectivity index (χ0n) is 14.0. The molecular weight excluding hydrogens is 366 g/mol. The van der Waals surface area contributed by atoms with Crippen molar-refractivity contribution in [3.63, 3.8) is 0 Å². The van der Waals surface area contributed by atoms with Gasteiger partial charge in [0, 0.05) is 23.8 Å². The smallest absolute Gasteiger partial charge is 0.242 e. The SMILES string of the molecule is COc1ccc(N(C)C(=O)CS(=O)(=O)c2ccc(Cl)cc2)cc1OC. The fourth-order valence-electron chi connectivity index (χ4n) is 2.16. The fraction of sp³-hybridized carbons (Fsp3) is 0.235. The fourth-order valence-corrected chi connectivity index (χ4v) is 3.52. The van der Waals surface area contributed by atoms with Gasteiger partial charge in [-0.15, -0.1) is 0 Å². The predicted octanol–water partition coefficient (Wildman–Crippen LogP) is 2.79. The number of anilines is 1. The summed E-state index contributed by atoms with van der Waals surface area (Å²) in [6, 6.07) is 10.6. The van der Waals surface area contributed by atoms with E-state index in [4.69, 9.17) is 21.1 Å². The quantitative estimate of drug-likeness (QED) is 0.766. The maximum atomic E-state index is 12.4. The zero-order chi connectivity index (χ0) is 18.6. The monoisotopic (exact) mass is 383 g/mol. The Kier molecular flexibility index (Phi) is 5.92. The van der Waals surface area contributed by atoms with Gasteiger partial charge in [-0.2, -0.15) is 0 Å². The Balaban J connectivity index is 2.21. The Morgan fingerprint density at radius 2 is 1.64 bits per heavy atom. The van der Waals surface area contributed by atoms with Crippen molar-refractivity contribution in [2.45, 2.75) is 4.90 Å². The molecule has 0 bridgehead atoms. The molecule has 0 atom stereocenters. The summed E-state index contributed by atoms with van der Waals surface area (Å²) in [4.78, 5) is 13.7. The third kappa shape index (κ3) is 4.43. The van der Waals surface area contributed by atoms with Crippen molar-refractivity contribution in [2.75, 3.05) is 31.9 Å². The van der Waals surface area contributed by atoms with E-state index in [0.717, 1.165) is 0 Å². The number of carbonyl (C=O) groups excluding carboxylic acids is 1. The van der Waals surface area contributed by atoms with E-state index in [1.54, 1.807) is 18.2 Å². The van der Waals surface area contributed by atoms with Crippen molar-refractivity contribution in [1.29, 1.82) is 0 Å². The van der Waals surface area contributed by atoms with Gasteiger partial charge in [-0.25, -0.2) is 8.42 Å². The highest BCUT2D eigenvalue weighted by atomic mass is 35.5. The highest BCUT2D eigenvalue weighted by Gasteiger charge is 2.23. The van der Waals surface area contributed by atoms with Crippen molar-refractivity contribution in [3.05, 3.63) is 47.5 Å². The summed E-state index contributed by atoms with van der Waals surface area (Å²) in [7, 11) is 0.723. The maximum absolute atomic E-state index is 12.4. The van der Waals surface area contributed by atoms with Crippen LogP contribution in [0.25, 0.3) is 0 Å². The number of methoxy groups -OCH3 is 2. The molecule has 2 aromatic carbocycles. The van der Waals surface area contributed by atoms with E-state index in [0.29, 0.717) is 22.2 Å². The lowest BCUT2D eigenvalue weighted by Crippen LogP contribution is -2.32. The molecule has 0 N–H and O–H groups in total. The van der Waals surface area contributed by atoms with Crippen LogP contribution in [0.2, 0.25) is 5.02 Å². The summed E-state index contributed by atoms with van der Waals surface area (Å²) in [5.41, 5.74) is 0.494. The normalized spacial score (nSPS) is 11.0. The van der Waals surface area contributed by atoms with Crippen LogP contribution in [-0.2, 0) is 14.6 Å². The second-order valence-electron chi connectivity index (χ2n) is 5.21. The molecule has 8 heteroatoms. The lowest BCUT2D eigenvalue weighted by atomic mass is 10.2. The highest BCUT2D eigenvalue weighted by molar-refractivity contribution is 7.92. The summed E-state index contributed by atoms with van der Waals surface area (Å²) < 4.78 is 35.1. The third-order valence-corrected chi connectivity index (χ3v) is 5.48. The summed E-state index contributed by atoms with van der Waals surface area (Å²) >= 11 is 5.76. The van der Waals surface area contributed by atoms with Crippen LogP contribution in [0.15, 0.2) is 47.4 Å². The minimum atomic E-state index is -3.76. The van der Waals surface area contributed by atoms with Crippen molar-refractivity contribution in [3.8, 4) is 11.5 Å². The van der Waals surface area contributed by atoms with E-state index in [2.05, 4.69) is 0 Å². The largest absolute Gasteiger partial charge is 0.493 e. The molecule has 0 aliphatic carbocycles. The van der Waals surface area contributed by atoms with Gasteiger partial charge in [-0.05, 0) is 36.4 Å². The first-order valence-electron chi connectivity index (χ1n) is 7.25. The van der Waals surface area contributed by atoms with Crippen molar-refractivity contribution in [1.82, 2.24) is 0 Å². The summed E-state index contributed by atoms with van der Waals surface area (Å²) in [5.74, 6) is -0.261. The number of nitrogens with zero attached hydrogens (tertiary/aromatic N) is 1. The Morgan fingerprint density at radius 3 is 2.20 bits per heavy atom. The minimum Gasteiger partial charge on any atom is -0.493 e. The second kappa shape index (κ2) is 7.76. The molecular formula is C17H18ClNO5S. The van der Waals surface area contributed by atoms with Crippen LogP contribution in [0.5, 0.6) is 11.5 Å². The van der Waals surface area contributed by atoms with Crippen molar-refractivity contribution < 1.29 is 22.7 Å². The van der Waals surface area contributed by atoms with E-state index in [1.807, 2.05) is 0 Å². The van der Waals surface area contributed by atoms with Crippen molar-refractivity contribution >= 4 is 33.0 Å². The van der Waals surface area contributed by atoms with Crippen LogP contribution in [-0.4, -0.2) is 41.3 Å². The van der Waals surface area contributed by atoms with Crippen LogP contribution in [0.4, 0.5) is 5.69 Å². The summed E-state index contributed by atoms with van der Waals surface area (Å²) in [6.45, 7) is 0. The lowest BCUT2D eigenvalue weighted by molar-refractivity contribution is -0.115. The average molecular weight is 384 g/mol. The van der Waals surface area contributed by atoms with Crippen LogP contribution in [0.3, 0.4) is 0 Å². The number of hydrogen-bond donors (Lipinski definition) is 0. The number of rotatable bonds is 6. The number of ether oxygens (including phenoxy) is 2. The van der Waals surface area contributed by atoms with E-state index >= 15 is 0 Å². The molecule has 134 valence electrons. The van der Waals surface area contributed by atoms with Gasteiger partial charge in [-0.3, -0.25) is 4.79 Å². The molecule has 0 radical (unpaired) electrons. The predicted molar refractivity (Wildman–Crippen MR) is 96.5 cm³/mol. The first kappa shape index (κ1) is 19.1. The van der Waals surface area contributed by atoms with E-state index in [1.165, 1.54) is 50.4 Å². The molecule has 0 spiro atoms. The molecule has 0 fully saturated rings. The lowest BCUT2D eigenvalue weighted by Gasteiger charge is -2.19. The molecule has 25 heavy (non-hydrogen) atoms. The number of hydrogen-bond acceptors (Lipinski definition) is 5. The molecule has 2 rings (SSSR count). The summed E-state index contributed by atoms with van der Waals surface area (Å²) in [5, 5.41) is 0.424. The van der Waals surface area contributed by atoms with Crippen LogP contribution in [0, 0.1) is 0 Å². The molecule has 0 saturated carbocycles. The topological polar surface area (TPSA) is 72.9 Å². The highest BCUT2D eigenvalue weighted by Crippen LogP contribution is 2.31. The standard InChI is InChI=1S/C17H18ClNO5S/c1-19(13-6-9-15(23-2)16(10-13)24-3)17(20)11-25(21,22)14-7-4-12(18)5-8-14/h4-10H,11H2,1-3H3. The summed E-state index contributed by atoms with van der Waals surface area (Å²) in [6.07, 6.45) is 0. The number of benzene rings is 2. The third-order valence-electron chi connectivity index (χ3n) is 3.61. The first-order valence-corrected chi connectivity index (χ1v) is 9.28. The number of sulfone groups is 1. The van der Waals surface area contributed by atoms with Gasteiger partial charge in [-0.1, -0.05) is 11.6 Å².